The van der Waals surface area contributed by atoms with E-state index in [1.807, 2.05) is 31.2 Å². The van der Waals surface area contributed by atoms with Crippen molar-refractivity contribution in [2.45, 2.75) is 33.2 Å². The molecule has 106 valence electrons. The lowest BCUT2D eigenvalue weighted by Gasteiger charge is -2.09. The molecule has 1 aliphatic rings. The molecule has 2 rings (SSSR count). The molecule has 1 aromatic carbocycles. The first-order chi connectivity index (χ1) is 9.15. The van der Waals surface area contributed by atoms with Crippen LogP contribution in [0.3, 0.4) is 0 Å². The van der Waals surface area contributed by atoms with Gasteiger partial charge < -0.3 is 18.9 Å². The first-order valence-corrected chi connectivity index (χ1v) is 6.78. The Morgan fingerprint density at radius 3 is 2.32 bits per heavy atom. The van der Waals surface area contributed by atoms with Crippen LogP contribution in [0, 0.1) is 5.92 Å². The zero-order chi connectivity index (χ0) is 13.7. The number of benzene rings is 1. The molecule has 1 saturated heterocycles. The molecular weight excluding hydrogens is 244 g/mol. The lowest BCUT2D eigenvalue weighted by atomic mass is 10.2. The van der Waals surface area contributed by atoms with Gasteiger partial charge in [-0.15, -0.1) is 0 Å². The minimum Gasteiger partial charge on any atom is -0.491 e. The third-order valence-corrected chi connectivity index (χ3v) is 2.68. The molecule has 2 atom stereocenters. The minimum atomic E-state index is -0.0869. The van der Waals surface area contributed by atoms with Crippen LogP contribution in [0.4, 0.5) is 0 Å². The van der Waals surface area contributed by atoms with Crippen LogP contribution in [0.2, 0.25) is 0 Å². The van der Waals surface area contributed by atoms with Gasteiger partial charge in [-0.25, -0.2) is 0 Å². The van der Waals surface area contributed by atoms with E-state index in [1.54, 1.807) is 0 Å². The summed E-state index contributed by atoms with van der Waals surface area (Å²) in [5, 5.41) is 0. The van der Waals surface area contributed by atoms with Gasteiger partial charge >= 0.3 is 0 Å². The van der Waals surface area contributed by atoms with E-state index >= 15 is 0 Å². The van der Waals surface area contributed by atoms with Gasteiger partial charge in [-0.1, -0.05) is 13.8 Å². The summed E-state index contributed by atoms with van der Waals surface area (Å²) >= 11 is 0. The van der Waals surface area contributed by atoms with E-state index in [-0.39, 0.29) is 12.4 Å². The second-order valence-electron chi connectivity index (χ2n) is 5.12. The molecule has 4 heteroatoms. The largest absolute Gasteiger partial charge is 0.491 e. The van der Waals surface area contributed by atoms with Crippen molar-refractivity contribution in [2.75, 3.05) is 19.8 Å². The van der Waals surface area contributed by atoms with Crippen molar-refractivity contribution in [1.82, 2.24) is 0 Å². The molecule has 19 heavy (non-hydrogen) atoms. The van der Waals surface area contributed by atoms with Gasteiger partial charge in [0.2, 0.25) is 6.29 Å². The van der Waals surface area contributed by atoms with Crippen LogP contribution in [0.1, 0.15) is 20.8 Å². The van der Waals surface area contributed by atoms with E-state index in [0.717, 1.165) is 18.1 Å². The van der Waals surface area contributed by atoms with Crippen LogP contribution in [0.25, 0.3) is 0 Å². The molecule has 4 nitrogen and oxygen atoms in total. The summed E-state index contributed by atoms with van der Waals surface area (Å²) in [6.45, 7) is 8.20. The summed E-state index contributed by atoms with van der Waals surface area (Å²) in [7, 11) is 0. The smallest absolute Gasteiger partial charge is 0.226 e. The monoisotopic (exact) mass is 266 g/mol. The molecule has 0 amide bonds. The van der Waals surface area contributed by atoms with Crippen LogP contribution in [-0.2, 0) is 9.47 Å². The van der Waals surface area contributed by atoms with Gasteiger partial charge in [-0.05, 0) is 37.1 Å². The molecule has 0 aromatic heterocycles. The third-order valence-electron chi connectivity index (χ3n) is 2.68. The maximum Gasteiger partial charge on any atom is 0.226 e. The first kappa shape index (κ1) is 14.2. The van der Waals surface area contributed by atoms with Crippen molar-refractivity contribution >= 4 is 0 Å². The second kappa shape index (κ2) is 6.78. The first-order valence-electron chi connectivity index (χ1n) is 6.78. The number of hydrogen-bond acceptors (Lipinski definition) is 4. The van der Waals surface area contributed by atoms with Crippen LogP contribution >= 0.6 is 0 Å². The van der Waals surface area contributed by atoms with Crippen molar-refractivity contribution in [3.63, 3.8) is 0 Å². The average Bonchev–Trinajstić information content (AvgIpc) is 3.06. The third kappa shape index (κ3) is 5.09. The summed E-state index contributed by atoms with van der Waals surface area (Å²) in [6.07, 6.45) is 0.116. The molecule has 1 aromatic rings. The topological polar surface area (TPSA) is 40.2 Å². The summed E-state index contributed by atoms with van der Waals surface area (Å²) in [6, 6.07) is 7.56. The normalized spacial score (nSPS) is 21.5. The molecule has 0 N–H and O–H groups in total. The molecule has 1 aliphatic heterocycles. The highest BCUT2D eigenvalue weighted by Crippen LogP contribution is 2.26. The molecule has 1 fully saturated rings. The molecule has 0 bridgehead atoms. The van der Waals surface area contributed by atoms with E-state index in [1.165, 1.54) is 0 Å². The summed E-state index contributed by atoms with van der Waals surface area (Å²) < 4.78 is 21.8. The Bertz CT molecular complexity index is 374. The molecule has 0 saturated carbocycles. The molecular formula is C15H22O4. The number of ether oxygens (including phenoxy) is 4. The second-order valence-corrected chi connectivity index (χ2v) is 5.12. The Kier molecular flexibility index (Phi) is 5.05. The van der Waals surface area contributed by atoms with E-state index in [4.69, 9.17) is 18.9 Å². The van der Waals surface area contributed by atoms with Crippen molar-refractivity contribution in [2.24, 2.45) is 5.92 Å². The SMILES string of the molecule is CC(C)COCCOc1ccc(OC2OC2C)cc1. The molecule has 0 spiro atoms. The van der Waals surface area contributed by atoms with Crippen molar-refractivity contribution in [3.05, 3.63) is 24.3 Å². The predicted octanol–water partition coefficient (Wildman–Crippen LogP) is 2.86. The fourth-order valence-corrected chi connectivity index (χ4v) is 1.58. The Labute approximate surface area is 114 Å². The van der Waals surface area contributed by atoms with Crippen LogP contribution in [0.15, 0.2) is 24.3 Å². The van der Waals surface area contributed by atoms with Gasteiger partial charge in [0.05, 0.1) is 6.61 Å². The Morgan fingerprint density at radius 1 is 1.11 bits per heavy atom. The Morgan fingerprint density at radius 2 is 1.74 bits per heavy atom. The highest BCUT2D eigenvalue weighted by Gasteiger charge is 2.36. The van der Waals surface area contributed by atoms with Gasteiger partial charge in [-0.3, -0.25) is 0 Å². The molecule has 1 heterocycles. The van der Waals surface area contributed by atoms with E-state index < -0.39 is 0 Å². The van der Waals surface area contributed by atoms with Crippen molar-refractivity contribution in [1.29, 1.82) is 0 Å². The Hall–Kier alpha value is -1.26. The lowest BCUT2D eigenvalue weighted by Crippen LogP contribution is -2.10. The van der Waals surface area contributed by atoms with Crippen molar-refractivity contribution in [3.8, 4) is 11.5 Å². The molecule has 0 radical (unpaired) electrons. The van der Waals surface area contributed by atoms with Crippen LogP contribution < -0.4 is 9.47 Å². The lowest BCUT2D eigenvalue weighted by molar-refractivity contribution is 0.0818. The quantitative estimate of drug-likeness (QED) is 0.536. The zero-order valence-electron chi connectivity index (χ0n) is 11.8. The summed E-state index contributed by atoms with van der Waals surface area (Å²) in [5.41, 5.74) is 0. The van der Waals surface area contributed by atoms with Gasteiger partial charge in [-0.2, -0.15) is 0 Å². The van der Waals surface area contributed by atoms with Gasteiger partial charge in [0.1, 0.15) is 24.2 Å². The number of epoxide rings is 1. The van der Waals surface area contributed by atoms with Crippen LogP contribution in [-0.4, -0.2) is 32.2 Å². The Balaban J connectivity index is 1.64. The maximum absolute atomic E-state index is 5.57. The van der Waals surface area contributed by atoms with E-state index in [0.29, 0.717) is 19.1 Å². The van der Waals surface area contributed by atoms with E-state index in [9.17, 15) is 0 Å². The summed E-state index contributed by atoms with van der Waals surface area (Å²) in [5.74, 6) is 2.19. The molecule has 0 aliphatic carbocycles. The molecule has 2 unspecified atom stereocenters. The standard InChI is InChI=1S/C15H22O4/c1-11(2)10-16-8-9-17-13-4-6-14(7-5-13)19-15-12(3)18-15/h4-7,11-12,15H,8-10H2,1-3H3. The fourth-order valence-electron chi connectivity index (χ4n) is 1.58. The van der Waals surface area contributed by atoms with Gasteiger partial charge in [0.25, 0.3) is 0 Å². The van der Waals surface area contributed by atoms with Crippen molar-refractivity contribution < 1.29 is 18.9 Å². The number of rotatable bonds is 8. The summed E-state index contributed by atoms with van der Waals surface area (Å²) in [4.78, 5) is 0. The minimum absolute atomic E-state index is 0.0869. The average molecular weight is 266 g/mol. The van der Waals surface area contributed by atoms with Gasteiger partial charge in [0.15, 0.2) is 0 Å². The van der Waals surface area contributed by atoms with E-state index in [2.05, 4.69) is 13.8 Å². The highest BCUT2D eigenvalue weighted by atomic mass is 16.8. The van der Waals surface area contributed by atoms with Crippen LogP contribution in [0.5, 0.6) is 11.5 Å². The highest BCUT2D eigenvalue weighted by molar-refractivity contribution is 5.31. The number of hydrogen-bond donors (Lipinski definition) is 0. The zero-order valence-corrected chi connectivity index (χ0v) is 11.8. The maximum atomic E-state index is 5.57. The predicted molar refractivity (Wildman–Crippen MR) is 72.6 cm³/mol. The fraction of sp³-hybridized carbons (Fsp3) is 0.600. The van der Waals surface area contributed by atoms with Gasteiger partial charge in [0, 0.05) is 6.61 Å².